The van der Waals surface area contributed by atoms with Gasteiger partial charge in [0.05, 0.1) is 0 Å². The fourth-order valence-electron chi connectivity index (χ4n) is 0.648. The molecule has 4 nitrogen and oxygen atoms in total. The van der Waals surface area contributed by atoms with Gasteiger partial charge in [-0.3, -0.25) is 0 Å². The van der Waals surface area contributed by atoms with Crippen molar-refractivity contribution in [3.63, 3.8) is 0 Å². The molecule has 0 aliphatic rings. The van der Waals surface area contributed by atoms with Gasteiger partial charge in [-0.1, -0.05) is 11.2 Å². The summed E-state index contributed by atoms with van der Waals surface area (Å²) in [7, 11) is -1.66. The van der Waals surface area contributed by atoms with E-state index in [0.29, 0.717) is 0 Å². The number of hydrogen-bond donors (Lipinski definition) is 1. The van der Waals surface area contributed by atoms with Crippen molar-refractivity contribution in [2.24, 2.45) is 5.09 Å². The standard InChI is InChI=1S/C5H4BFN2O2/c7-5-4(6(10)9-11)2-1-3-8-5/h1-3,10H. The molecule has 1 heterocycles. The summed E-state index contributed by atoms with van der Waals surface area (Å²) in [6, 6.07) is 2.65. The summed E-state index contributed by atoms with van der Waals surface area (Å²) < 4.78 is 12.6. The number of aromatic nitrogens is 1. The fraction of sp³-hybridized carbons (Fsp3) is 0. The Labute approximate surface area is 62.2 Å². The number of nitrogens with zero attached hydrogens (tertiary/aromatic N) is 2. The van der Waals surface area contributed by atoms with Crippen molar-refractivity contribution >= 4 is 12.5 Å². The molecule has 0 spiro atoms. The highest BCUT2D eigenvalue weighted by Gasteiger charge is 2.20. The third-order valence-electron chi connectivity index (χ3n) is 1.17. The lowest BCUT2D eigenvalue weighted by atomic mass is 9.77. The van der Waals surface area contributed by atoms with E-state index in [1.165, 1.54) is 18.3 Å². The van der Waals surface area contributed by atoms with Crippen molar-refractivity contribution in [2.45, 2.75) is 0 Å². The van der Waals surface area contributed by atoms with E-state index in [4.69, 9.17) is 5.02 Å². The highest BCUT2D eigenvalue weighted by molar-refractivity contribution is 6.64. The van der Waals surface area contributed by atoms with Crippen LogP contribution in [0.2, 0.25) is 0 Å². The first-order chi connectivity index (χ1) is 5.25. The lowest BCUT2D eigenvalue weighted by Crippen LogP contribution is -2.31. The average molecular weight is 154 g/mol. The summed E-state index contributed by atoms with van der Waals surface area (Å²) in [6.45, 7) is 0. The maximum atomic E-state index is 12.6. The molecule has 56 valence electrons. The zero-order valence-corrected chi connectivity index (χ0v) is 5.44. The Morgan fingerprint density at radius 3 is 3.00 bits per heavy atom. The molecule has 0 amide bonds. The van der Waals surface area contributed by atoms with E-state index in [1.54, 1.807) is 0 Å². The average Bonchev–Trinajstić information content (AvgIpc) is 2.04. The van der Waals surface area contributed by atoms with E-state index in [0.717, 1.165) is 0 Å². The fourth-order valence-corrected chi connectivity index (χ4v) is 0.648. The van der Waals surface area contributed by atoms with Crippen LogP contribution in [-0.2, 0) is 0 Å². The molecular weight excluding hydrogens is 150 g/mol. The summed E-state index contributed by atoms with van der Waals surface area (Å²) >= 11 is 0. The Hall–Kier alpha value is -1.30. The van der Waals surface area contributed by atoms with Gasteiger partial charge in [-0.25, -0.2) is 4.98 Å². The molecule has 1 rings (SSSR count). The molecule has 1 aromatic rings. The molecule has 0 saturated heterocycles. The van der Waals surface area contributed by atoms with Gasteiger partial charge in [-0.15, -0.1) is 0 Å². The van der Waals surface area contributed by atoms with E-state index in [-0.39, 0.29) is 5.46 Å². The molecule has 1 aromatic heterocycles. The van der Waals surface area contributed by atoms with Crippen LogP contribution in [0.25, 0.3) is 0 Å². The van der Waals surface area contributed by atoms with Crippen molar-refractivity contribution < 1.29 is 9.41 Å². The molecule has 0 fully saturated rings. The number of halogens is 1. The minimum absolute atomic E-state index is 0.206. The van der Waals surface area contributed by atoms with Crippen LogP contribution in [-0.4, -0.2) is 17.1 Å². The second kappa shape index (κ2) is 3.20. The number of pyridine rings is 1. The predicted molar refractivity (Wildman–Crippen MR) is 37.6 cm³/mol. The maximum absolute atomic E-state index is 12.6. The van der Waals surface area contributed by atoms with Crippen molar-refractivity contribution in [2.75, 3.05) is 0 Å². The van der Waals surface area contributed by atoms with Crippen LogP contribution in [0.15, 0.2) is 23.4 Å². The molecule has 11 heavy (non-hydrogen) atoms. The molecule has 6 heteroatoms. The molecule has 0 aliphatic carbocycles. The van der Waals surface area contributed by atoms with Crippen molar-refractivity contribution in [1.29, 1.82) is 0 Å². The van der Waals surface area contributed by atoms with Crippen molar-refractivity contribution in [3.8, 4) is 0 Å². The zero-order chi connectivity index (χ0) is 8.27. The predicted octanol–water partition coefficient (Wildman–Crippen LogP) is -0.325. The molecule has 0 saturated carbocycles. The molecule has 0 aliphatic heterocycles. The van der Waals surface area contributed by atoms with Crippen LogP contribution in [0.3, 0.4) is 0 Å². The summed E-state index contributed by atoms with van der Waals surface area (Å²) in [5.41, 5.74) is -0.206. The normalized spacial score (nSPS) is 9.27. The second-order valence-electron chi connectivity index (χ2n) is 1.86. The van der Waals surface area contributed by atoms with Crippen LogP contribution in [0.1, 0.15) is 0 Å². The minimum atomic E-state index is -1.66. The van der Waals surface area contributed by atoms with E-state index >= 15 is 0 Å². The first-order valence-corrected chi connectivity index (χ1v) is 2.86. The Morgan fingerprint density at radius 1 is 1.73 bits per heavy atom. The van der Waals surface area contributed by atoms with Crippen LogP contribution >= 0.6 is 0 Å². The summed E-state index contributed by atoms with van der Waals surface area (Å²) in [4.78, 5) is 13.0. The third kappa shape index (κ3) is 1.59. The van der Waals surface area contributed by atoms with E-state index in [9.17, 15) is 9.30 Å². The highest BCUT2D eigenvalue weighted by Crippen LogP contribution is 1.90. The van der Waals surface area contributed by atoms with E-state index in [1.807, 2.05) is 0 Å². The Morgan fingerprint density at radius 2 is 2.45 bits per heavy atom. The molecule has 0 bridgehead atoms. The van der Waals surface area contributed by atoms with E-state index in [2.05, 4.69) is 10.1 Å². The van der Waals surface area contributed by atoms with Gasteiger partial charge >= 0.3 is 7.05 Å². The SMILES string of the molecule is O=NB(O)c1cccnc1F. The zero-order valence-electron chi connectivity index (χ0n) is 5.44. The first-order valence-electron chi connectivity index (χ1n) is 2.86. The smallest absolute Gasteiger partial charge is 0.425 e. The quantitative estimate of drug-likeness (QED) is 0.360. The highest BCUT2D eigenvalue weighted by atomic mass is 19.1. The Balaban J connectivity index is 3.02. The monoisotopic (exact) mass is 154 g/mol. The lowest BCUT2D eigenvalue weighted by Gasteiger charge is -1.96. The Kier molecular flexibility index (Phi) is 2.27. The molecule has 0 radical (unpaired) electrons. The van der Waals surface area contributed by atoms with Crippen LogP contribution in [0.5, 0.6) is 0 Å². The van der Waals surface area contributed by atoms with Gasteiger partial charge in [-0.2, -0.15) is 9.30 Å². The van der Waals surface area contributed by atoms with Gasteiger partial charge in [0.15, 0.2) is 0 Å². The van der Waals surface area contributed by atoms with E-state index < -0.39 is 13.0 Å². The number of nitroso groups, excluding NO2 is 1. The summed E-state index contributed by atoms with van der Waals surface area (Å²) in [6.07, 6.45) is 1.22. The largest absolute Gasteiger partial charge is 0.522 e. The number of rotatable bonds is 2. The van der Waals surface area contributed by atoms with Crippen LogP contribution < -0.4 is 5.46 Å². The van der Waals surface area contributed by atoms with Gasteiger partial charge in [0.2, 0.25) is 5.95 Å². The molecule has 0 unspecified atom stereocenters. The van der Waals surface area contributed by atoms with Crippen molar-refractivity contribution in [3.05, 3.63) is 29.2 Å². The van der Waals surface area contributed by atoms with Crippen molar-refractivity contribution in [1.82, 2.24) is 4.98 Å². The molecule has 1 N–H and O–H groups in total. The van der Waals surface area contributed by atoms with Gasteiger partial charge < -0.3 is 5.02 Å². The molecule has 0 atom stereocenters. The topological polar surface area (TPSA) is 62.5 Å². The first kappa shape index (κ1) is 7.81. The van der Waals surface area contributed by atoms with Gasteiger partial charge in [0.1, 0.15) is 0 Å². The third-order valence-corrected chi connectivity index (χ3v) is 1.17. The van der Waals surface area contributed by atoms with Gasteiger partial charge in [-0.05, 0) is 6.07 Å². The Bertz CT molecular complexity index is 270. The molecule has 0 aromatic carbocycles. The van der Waals surface area contributed by atoms with Gasteiger partial charge in [0, 0.05) is 11.7 Å². The molecular formula is C5H4BFN2O2. The number of hydrogen-bond acceptors (Lipinski definition) is 4. The minimum Gasteiger partial charge on any atom is -0.425 e. The maximum Gasteiger partial charge on any atom is 0.522 e. The second-order valence-corrected chi connectivity index (χ2v) is 1.86. The summed E-state index contributed by atoms with van der Waals surface area (Å²) in [5.74, 6) is -0.875. The van der Waals surface area contributed by atoms with Crippen LogP contribution in [0.4, 0.5) is 4.39 Å². The van der Waals surface area contributed by atoms with Gasteiger partial charge in [0.25, 0.3) is 0 Å². The summed E-state index contributed by atoms with van der Waals surface area (Å²) in [5, 5.41) is 11.0. The lowest BCUT2D eigenvalue weighted by molar-refractivity contribution is 0.565. The van der Waals surface area contributed by atoms with Crippen LogP contribution in [0, 0.1) is 10.9 Å².